The van der Waals surface area contributed by atoms with Crippen LogP contribution < -0.4 is 9.47 Å². The van der Waals surface area contributed by atoms with Crippen molar-refractivity contribution >= 4 is 0 Å². The Morgan fingerprint density at radius 3 is 2.19 bits per heavy atom. The molecule has 0 radical (unpaired) electrons. The average molecular weight is 293 g/mol. The molecule has 0 atom stereocenters. The first-order chi connectivity index (χ1) is 9.90. The van der Waals surface area contributed by atoms with Crippen LogP contribution in [0.3, 0.4) is 0 Å². The number of ether oxygens (including phenoxy) is 2. The first-order valence-corrected chi connectivity index (χ1v) is 5.93. The summed E-state index contributed by atoms with van der Waals surface area (Å²) in [5.74, 6) is -0.400. The molecule has 0 aliphatic heterocycles. The van der Waals surface area contributed by atoms with Gasteiger partial charge in [-0.3, -0.25) is 0 Å². The molecule has 2 rings (SSSR count). The summed E-state index contributed by atoms with van der Waals surface area (Å²) < 4.78 is 46.3. The van der Waals surface area contributed by atoms with Crippen molar-refractivity contribution in [2.45, 2.75) is 13.3 Å². The normalized spacial score (nSPS) is 10.8. The van der Waals surface area contributed by atoms with Gasteiger partial charge in [0.25, 0.3) is 0 Å². The summed E-state index contributed by atoms with van der Waals surface area (Å²) in [5, 5.41) is 9.09. The van der Waals surface area contributed by atoms with Crippen LogP contribution in [0.25, 0.3) is 0 Å². The number of nitriles is 1. The molecule has 0 N–H and O–H groups in total. The van der Waals surface area contributed by atoms with E-state index in [1.165, 1.54) is 24.3 Å². The summed E-state index contributed by atoms with van der Waals surface area (Å²) in [6.07, 6.45) is -4.82. The van der Waals surface area contributed by atoms with E-state index in [9.17, 15) is 13.2 Å². The molecule has 0 aliphatic rings. The molecule has 0 spiro atoms. The zero-order valence-electron chi connectivity index (χ0n) is 10.9. The van der Waals surface area contributed by atoms with Crippen LogP contribution in [0.1, 0.15) is 11.1 Å². The van der Waals surface area contributed by atoms with Crippen LogP contribution in [0.2, 0.25) is 0 Å². The molecule has 0 bridgehead atoms. The molecule has 0 aromatic heterocycles. The fourth-order valence-electron chi connectivity index (χ4n) is 1.73. The average Bonchev–Trinajstić information content (AvgIpc) is 2.40. The van der Waals surface area contributed by atoms with E-state index >= 15 is 0 Å². The summed E-state index contributed by atoms with van der Waals surface area (Å²) >= 11 is 0. The monoisotopic (exact) mass is 293 g/mol. The molecule has 21 heavy (non-hydrogen) atoms. The van der Waals surface area contributed by atoms with E-state index in [0.29, 0.717) is 5.56 Å². The van der Waals surface area contributed by atoms with Crippen LogP contribution in [0.4, 0.5) is 13.2 Å². The smallest absolute Gasteiger partial charge is 0.452 e. The van der Waals surface area contributed by atoms with E-state index in [1.54, 1.807) is 19.1 Å². The predicted molar refractivity (Wildman–Crippen MR) is 69.1 cm³/mol. The number of hydrogen-bond donors (Lipinski definition) is 0. The third kappa shape index (κ3) is 3.66. The predicted octanol–water partition coefficient (Wildman–Crippen LogP) is 4.56. The lowest BCUT2D eigenvalue weighted by atomic mass is 10.1. The van der Waals surface area contributed by atoms with Crippen LogP contribution in [-0.2, 0) is 0 Å². The fraction of sp³-hybridized carbons (Fsp3) is 0.133. The molecule has 2 aromatic carbocycles. The number of alkyl halides is 3. The Hall–Kier alpha value is -2.68. The molecule has 0 aliphatic carbocycles. The summed E-state index contributed by atoms with van der Waals surface area (Å²) in [7, 11) is 0. The Kier molecular flexibility index (Phi) is 4.03. The maximum Gasteiger partial charge on any atom is 0.573 e. The number of benzene rings is 2. The molecule has 108 valence electrons. The summed E-state index contributed by atoms with van der Waals surface area (Å²) in [5.41, 5.74) is 0.934. The fourth-order valence-corrected chi connectivity index (χ4v) is 1.73. The molecule has 2 aromatic rings. The Balaban J connectivity index is 2.37. The highest BCUT2D eigenvalue weighted by atomic mass is 19.4. The van der Waals surface area contributed by atoms with Crippen molar-refractivity contribution in [3.63, 3.8) is 0 Å². The zero-order valence-corrected chi connectivity index (χ0v) is 10.9. The number of halogens is 3. The van der Waals surface area contributed by atoms with E-state index in [2.05, 4.69) is 4.74 Å². The van der Waals surface area contributed by atoms with E-state index in [4.69, 9.17) is 10.00 Å². The third-order valence-electron chi connectivity index (χ3n) is 2.64. The van der Waals surface area contributed by atoms with Crippen molar-refractivity contribution < 1.29 is 22.6 Å². The maximum absolute atomic E-state index is 12.3. The van der Waals surface area contributed by atoms with Gasteiger partial charge in [-0.2, -0.15) is 5.26 Å². The lowest BCUT2D eigenvalue weighted by Crippen LogP contribution is -2.17. The largest absolute Gasteiger partial charge is 0.573 e. The van der Waals surface area contributed by atoms with Gasteiger partial charge >= 0.3 is 6.36 Å². The highest BCUT2D eigenvalue weighted by Crippen LogP contribution is 2.36. The van der Waals surface area contributed by atoms with Crippen molar-refractivity contribution in [1.82, 2.24) is 0 Å². The van der Waals surface area contributed by atoms with E-state index < -0.39 is 12.1 Å². The second-order valence-corrected chi connectivity index (χ2v) is 4.16. The highest BCUT2D eigenvalue weighted by molar-refractivity contribution is 5.51. The number of para-hydroxylation sites is 2. The van der Waals surface area contributed by atoms with Crippen molar-refractivity contribution in [1.29, 1.82) is 5.26 Å². The van der Waals surface area contributed by atoms with Gasteiger partial charge < -0.3 is 9.47 Å². The topological polar surface area (TPSA) is 42.2 Å². The molecule has 0 unspecified atom stereocenters. The Bertz CT molecular complexity index is 690. The van der Waals surface area contributed by atoms with Gasteiger partial charge in [0.05, 0.1) is 5.56 Å². The van der Waals surface area contributed by atoms with Crippen molar-refractivity contribution in [2.75, 3.05) is 0 Å². The summed E-state index contributed by atoms with van der Waals surface area (Å²) in [6, 6.07) is 12.2. The maximum atomic E-state index is 12.3. The molecule has 0 saturated carbocycles. The number of rotatable bonds is 3. The Labute approximate surface area is 119 Å². The van der Waals surface area contributed by atoms with Crippen molar-refractivity contribution in [3.05, 3.63) is 53.6 Å². The molecule has 0 fully saturated rings. The minimum absolute atomic E-state index is 0.114. The summed E-state index contributed by atoms with van der Waals surface area (Å²) in [6.45, 7) is 1.71. The van der Waals surface area contributed by atoms with E-state index in [-0.39, 0.29) is 17.1 Å². The van der Waals surface area contributed by atoms with Gasteiger partial charge in [-0.05, 0) is 30.7 Å². The van der Waals surface area contributed by atoms with E-state index in [0.717, 1.165) is 6.07 Å². The first kappa shape index (κ1) is 14.7. The van der Waals surface area contributed by atoms with Gasteiger partial charge in [-0.25, -0.2) is 0 Å². The molecule has 0 heterocycles. The van der Waals surface area contributed by atoms with Crippen molar-refractivity contribution in [3.8, 4) is 23.3 Å². The standard InChI is InChI=1S/C15H10F3NO2/c1-10-5-4-8-12(11(10)9-19)20-13-6-2-3-7-14(13)21-15(16,17)18/h2-8H,1H3. The number of aryl methyl sites for hydroxylation is 1. The van der Waals surface area contributed by atoms with Crippen LogP contribution in [0.15, 0.2) is 42.5 Å². The lowest BCUT2D eigenvalue weighted by Gasteiger charge is -2.14. The molecule has 6 heteroatoms. The summed E-state index contributed by atoms with van der Waals surface area (Å²) in [4.78, 5) is 0. The molecular formula is C15H10F3NO2. The molecule has 3 nitrogen and oxygen atoms in total. The van der Waals surface area contributed by atoms with Crippen LogP contribution in [0.5, 0.6) is 17.2 Å². The first-order valence-electron chi connectivity index (χ1n) is 5.93. The number of hydrogen-bond acceptors (Lipinski definition) is 3. The Morgan fingerprint density at radius 2 is 1.57 bits per heavy atom. The minimum Gasteiger partial charge on any atom is -0.452 e. The second-order valence-electron chi connectivity index (χ2n) is 4.16. The minimum atomic E-state index is -4.82. The van der Waals surface area contributed by atoms with Crippen LogP contribution in [0, 0.1) is 18.3 Å². The Morgan fingerprint density at radius 1 is 0.952 bits per heavy atom. The quantitative estimate of drug-likeness (QED) is 0.833. The SMILES string of the molecule is Cc1cccc(Oc2ccccc2OC(F)(F)F)c1C#N. The van der Waals surface area contributed by atoms with E-state index in [1.807, 2.05) is 6.07 Å². The molecule has 0 amide bonds. The second kappa shape index (κ2) is 5.75. The highest BCUT2D eigenvalue weighted by Gasteiger charge is 2.32. The number of nitrogens with zero attached hydrogens (tertiary/aromatic N) is 1. The molecular weight excluding hydrogens is 283 g/mol. The lowest BCUT2D eigenvalue weighted by molar-refractivity contribution is -0.275. The van der Waals surface area contributed by atoms with Gasteiger partial charge in [0.15, 0.2) is 11.5 Å². The van der Waals surface area contributed by atoms with Gasteiger partial charge in [0, 0.05) is 0 Å². The third-order valence-corrected chi connectivity index (χ3v) is 2.64. The van der Waals surface area contributed by atoms with Gasteiger partial charge in [0.2, 0.25) is 0 Å². The van der Waals surface area contributed by atoms with Gasteiger partial charge in [-0.1, -0.05) is 24.3 Å². The van der Waals surface area contributed by atoms with Crippen LogP contribution in [-0.4, -0.2) is 6.36 Å². The molecule has 0 saturated heterocycles. The van der Waals surface area contributed by atoms with Crippen LogP contribution >= 0.6 is 0 Å². The van der Waals surface area contributed by atoms with Gasteiger partial charge in [0.1, 0.15) is 11.8 Å². The zero-order chi connectivity index (χ0) is 15.5. The van der Waals surface area contributed by atoms with Gasteiger partial charge in [-0.15, -0.1) is 13.2 Å². The van der Waals surface area contributed by atoms with Crippen molar-refractivity contribution in [2.24, 2.45) is 0 Å².